The monoisotopic (exact) mass is 456 g/mol. The fourth-order valence-corrected chi connectivity index (χ4v) is 3.63. The number of aromatic nitrogens is 4. The van der Waals surface area contributed by atoms with Gasteiger partial charge in [-0.1, -0.05) is 47.5 Å². The highest BCUT2D eigenvalue weighted by atomic mass is 35.5. The predicted molar refractivity (Wildman–Crippen MR) is 125 cm³/mol. The van der Waals surface area contributed by atoms with Gasteiger partial charge in [0.2, 0.25) is 0 Å². The van der Waals surface area contributed by atoms with Crippen LogP contribution in [-0.4, -0.2) is 24.7 Å². The molecule has 0 unspecified atom stereocenters. The van der Waals surface area contributed by atoms with Crippen LogP contribution in [0.4, 0.5) is 11.4 Å². The first-order valence-electron chi connectivity index (χ1n) is 9.15. The van der Waals surface area contributed by atoms with Gasteiger partial charge < -0.3 is 10.6 Å². The van der Waals surface area contributed by atoms with Crippen molar-refractivity contribution in [2.45, 2.75) is 13.1 Å². The smallest absolute Gasteiger partial charge is 0.175 e. The maximum atomic E-state index is 6.04. The molecule has 0 aliphatic rings. The number of benzene rings is 2. The fourth-order valence-electron chi connectivity index (χ4n) is 2.97. The molecule has 0 radical (unpaired) electrons. The van der Waals surface area contributed by atoms with Crippen molar-refractivity contribution in [1.82, 2.24) is 19.6 Å². The van der Waals surface area contributed by atoms with Crippen molar-refractivity contribution < 1.29 is 0 Å². The van der Waals surface area contributed by atoms with Crippen LogP contribution in [0.1, 0.15) is 11.1 Å². The second-order valence-electron chi connectivity index (χ2n) is 6.69. The maximum Gasteiger partial charge on any atom is 0.175 e. The number of thiocarbonyl (C=S) groups is 1. The van der Waals surface area contributed by atoms with Crippen LogP contribution in [0.5, 0.6) is 0 Å². The summed E-state index contributed by atoms with van der Waals surface area (Å²) in [5.74, 6) is 0. The normalized spacial score (nSPS) is 10.7. The number of halogens is 2. The average Bonchev–Trinajstić information content (AvgIpc) is 3.31. The average molecular weight is 457 g/mol. The van der Waals surface area contributed by atoms with Gasteiger partial charge in [0.25, 0.3) is 0 Å². The Morgan fingerprint density at radius 3 is 1.70 bits per heavy atom. The van der Waals surface area contributed by atoms with Gasteiger partial charge in [-0.15, -0.1) is 0 Å². The van der Waals surface area contributed by atoms with Gasteiger partial charge in [-0.3, -0.25) is 9.36 Å². The molecule has 9 heteroatoms. The number of nitrogens with zero attached hydrogens (tertiary/aromatic N) is 4. The van der Waals surface area contributed by atoms with Gasteiger partial charge in [0.05, 0.1) is 36.9 Å². The van der Waals surface area contributed by atoms with Gasteiger partial charge >= 0.3 is 0 Å². The third-order valence-electron chi connectivity index (χ3n) is 4.25. The molecular formula is C21H18Cl2N6S. The summed E-state index contributed by atoms with van der Waals surface area (Å²) < 4.78 is 3.64. The number of nitrogens with one attached hydrogen (secondary N) is 2. The molecule has 0 amide bonds. The number of hydrogen-bond acceptors (Lipinski definition) is 3. The highest BCUT2D eigenvalue weighted by Gasteiger charge is 2.05. The van der Waals surface area contributed by atoms with Crippen LogP contribution in [0.15, 0.2) is 73.3 Å². The van der Waals surface area contributed by atoms with Crippen LogP contribution in [0.2, 0.25) is 10.0 Å². The molecule has 30 heavy (non-hydrogen) atoms. The van der Waals surface area contributed by atoms with Crippen LogP contribution in [0.25, 0.3) is 0 Å². The summed E-state index contributed by atoms with van der Waals surface area (Å²) in [5.41, 5.74) is 3.73. The summed E-state index contributed by atoms with van der Waals surface area (Å²) >= 11 is 17.5. The Hall–Kier alpha value is -2.87. The Labute approximate surface area is 189 Å². The second-order valence-corrected chi connectivity index (χ2v) is 7.97. The highest BCUT2D eigenvalue weighted by molar-refractivity contribution is 7.80. The molecule has 0 bridgehead atoms. The lowest BCUT2D eigenvalue weighted by atomic mass is 10.2. The SMILES string of the molecule is S=C(Nc1cnn(Cc2cccc(Cl)c2)c1)Nc1cnn(Cc2cccc(Cl)c2)c1. The van der Waals surface area contributed by atoms with E-state index >= 15 is 0 Å². The first-order chi connectivity index (χ1) is 14.5. The summed E-state index contributed by atoms with van der Waals surface area (Å²) in [6.45, 7) is 1.25. The minimum atomic E-state index is 0.458. The van der Waals surface area contributed by atoms with Gasteiger partial charge in [0.15, 0.2) is 5.11 Å². The lowest BCUT2D eigenvalue weighted by Gasteiger charge is -2.07. The van der Waals surface area contributed by atoms with E-state index in [0.717, 1.165) is 22.5 Å². The van der Waals surface area contributed by atoms with E-state index in [4.69, 9.17) is 35.4 Å². The van der Waals surface area contributed by atoms with Crippen LogP contribution < -0.4 is 10.6 Å². The molecule has 0 atom stereocenters. The molecule has 0 saturated heterocycles. The Bertz CT molecular complexity index is 1080. The Kier molecular flexibility index (Phi) is 6.32. The zero-order valence-electron chi connectivity index (χ0n) is 15.8. The zero-order valence-corrected chi connectivity index (χ0v) is 18.1. The van der Waals surface area contributed by atoms with Crippen LogP contribution >= 0.6 is 35.4 Å². The molecule has 2 heterocycles. The lowest BCUT2D eigenvalue weighted by molar-refractivity contribution is 0.687. The summed E-state index contributed by atoms with van der Waals surface area (Å²) in [6, 6.07) is 15.4. The Morgan fingerprint density at radius 1 is 0.800 bits per heavy atom. The van der Waals surface area contributed by atoms with Crippen molar-refractivity contribution in [3.05, 3.63) is 94.5 Å². The summed E-state index contributed by atoms with van der Waals surface area (Å²) in [7, 11) is 0. The van der Waals surface area contributed by atoms with Crippen LogP contribution in [0, 0.1) is 0 Å². The molecule has 152 valence electrons. The molecule has 0 spiro atoms. The lowest BCUT2D eigenvalue weighted by Crippen LogP contribution is -2.18. The fraction of sp³-hybridized carbons (Fsp3) is 0.0952. The molecule has 0 aliphatic carbocycles. The topological polar surface area (TPSA) is 59.7 Å². The van der Waals surface area contributed by atoms with Crippen molar-refractivity contribution in [2.24, 2.45) is 0 Å². The summed E-state index contributed by atoms with van der Waals surface area (Å²) in [6.07, 6.45) is 7.22. The molecule has 6 nitrogen and oxygen atoms in total. The van der Waals surface area contributed by atoms with Crippen molar-refractivity contribution in [3.8, 4) is 0 Å². The van der Waals surface area contributed by atoms with E-state index < -0.39 is 0 Å². The molecule has 4 aromatic rings. The molecule has 2 N–H and O–H groups in total. The van der Waals surface area contributed by atoms with E-state index in [9.17, 15) is 0 Å². The van der Waals surface area contributed by atoms with Gasteiger partial charge in [0.1, 0.15) is 0 Å². The quantitative estimate of drug-likeness (QED) is 0.385. The molecule has 0 fully saturated rings. The second kappa shape index (κ2) is 9.30. The van der Waals surface area contributed by atoms with E-state index in [1.54, 1.807) is 12.4 Å². The van der Waals surface area contributed by atoms with Crippen molar-refractivity contribution in [3.63, 3.8) is 0 Å². The molecule has 2 aromatic heterocycles. The van der Waals surface area contributed by atoms with E-state index in [2.05, 4.69) is 20.8 Å². The molecule has 0 saturated carbocycles. The zero-order chi connectivity index (χ0) is 20.9. The maximum absolute atomic E-state index is 6.04. The molecule has 4 rings (SSSR count). The van der Waals surface area contributed by atoms with Gasteiger partial charge in [-0.2, -0.15) is 10.2 Å². The van der Waals surface area contributed by atoms with E-state index in [1.807, 2.05) is 70.3 Å². The number of rotatable bonds is 6. The van der Waals surface area contributed by atoms with Gasteiger partial charge in [-0.05, 0) is 47.6 Å². The third kappa shape index (κ3) is 5.60. The largest absolute Gasteiger partial charge is 0.330 e. The van der Waals surface area contributed by atoms with E-state index in [-0.39, 0.29) is 0 Å². The van der Waals surface area contributed by atoms with E-state index in [0.29, 0.717) is 28.2 Å². The minimum absolute atomic E-state index is 0.458. The first kappa shape index (κ1) is 20.4. The molecule has 2 aromatic carbocycles. The molecular weight excluding hydrogens is 439 g/mol. The third-order valence-corrected chi connectivity index (χ3v) is 4.92. The van der Waals surface area contributed by atoms with Gasteiger partial charge in [0, 0.05) is 22.4 Å². The Morgan fingerprint density at radius 2 is 1.27 bits per heavy atom. The van der Waals surface area contributed by atoms with Gasteiger partial charge in [-0.25, -0.2) is 0 Å². The summed E-state index contributed by atoms with van der Waals surface area (Å²) in [4.78, 5) is 0. The van der Waals surface area contributed by atoms with Crippen molar-refractivity contribution in [1.29, 1.82) is 0 Å². The predicted octanol–water partition coefficient (Wildman–Crippen LogP) is 5.29. The first-order valence-corrected chi connectivity index (χ1v) is 10.3. The molecule has 0 aliphatic heterocycles. The number of hydrogen-bond donors (Lipinski definition) is 2. The van der Waals surface area contributed by atoms with Crippen LogP contribution in [0.3, 0.4) is 0 Å². The summed E-state index contributed by atoms with van der Waals surface area (Å²) in [5, 5.41) is 16.8. The Balaban J connectivity index is 1.32. The highest BCUT2D eigenvalue weighted by Crippen LogP contribution is 2.15. The minimum Gasteiger partial charge on any atom is -0.330 e. The standard InChI is InChI=1S/C21H18Cl2N6S/c22-17-5-1-3-15(7-17)11-28-13-19(9-24-28)26-21(30)27-20-10-25-29(14-20)12-16-4-2-6-18(23)8-16/h1-10,13-14H,11-12H2,(H2,26,27,30). The van der Waals surface area contributed by atoms with Crippen molar-refractivity contribution >= 4 is 51.9 Å². The van der Waals surface area contributed by atoms with E-state index in [1.165, 1.54) is 0 Å². The number of anilines is 2. The van der Waals surface area contributed by atoms with Crippen molar-refractivity contribution in [2.75, 3.05) is 10.6 Å². The van der Waals surface area contributed by atoms with Crippen LogP contribution in [-0.2, 0) is 13.1 Å².